The molecular formula is C20H26N4S. The highest BCUT2D eigenvalue weighted by molar-refractivity contribution is 7.99. The zero-order valence-corrected chi connectivity index (χ0v) is 16.1. The fourth-order valence-electron chi connectivity index (χ4n) is 3.14. The van der Waals surface area contributed by atoms with E-state index < -0.39 is 0 Å². The third-order valence-corrected chi connectivity index (χ3v) is 5.72. The Morgan fingerprint density at radius 2 is 1.76 bits per heavy atom. The van der Waals surface area contributed by atoms with Gasteiger partial charge in [0.15, 0.2) is 5.82 Å². The molecule has 1 aromatic carbocycles. The molecule has 3 rings (SSSR count). The van der Waals surface area contributed by atoms with Crippen LogP contribution in [0.25, 0.3) is 11.0 Å². The molecule has 0 amide bonds. The molecule has 132 valence electrons. The minimum Gasteiger partial charge on any atom is -0.382 e. The first-order valence-corrected chi connectivity index (χ1v) is 9.84. The number of aromatic nitrogens is 3. The molecule has 2 heterocycles. The highest BCUT2D eigenvalue weighted by Gasteiger charge is 2.15. The molecule has 3 aromatic rings. The molecule has 2 aromatic heterocycles. The van der Waals surface area contributed by atoms with Gasteiger partial charge in [0.05, 0.1) is 5.52 Å². The van der Waals surface area contributed by atoms with Gasteiger partial charge in [-0.2, -0.15) is 0 Å². The van der Waals surface area contributed by atoms with Crippen LogP contribution in [0.3, 0.4) is 0 Å². The SMILES string of the molecule is Cc1nc(N)c2nc(C)n(CCCCCSc3ccccc3)c2c1C. The summed E-state index contributed by atoms with van der Waals surface area (Å²) in [7, 11) is 0. The number of anilines is 1. The van der Waals surface area contributed by atoms with E-state index in [1.54, 1.807) is 0 Å². The van der Waals surface area contributed by atoms with E-state index in [-0.39, 0.29) is 0 Å². The first-order valence-electron chi connectivity index (χ1n) is 8.85. The number of fused-ring (bicyclic) bond motifs is 1. The van der Waals surface area contributed by atoms with Gasteiger partial charge in [0, 0.05) is 17.1 Å². The number of hydrogen-bond acceptors (Lipinski definition) is 4. The summed E-state index contributed by atoms with van der Waals surface area (Å²) in [6.07, 6.45) is 3.60. The second-order valence-corrected chi connectivity index (χ2v) is 7.61. The molecule has 0 bridgehead atoms. The van der Waals surface area contributed by atoms with Gasteiger partial charge in [-0.15, -0.1) is 11.8 Å². The number of benzene rings is 1. The third-order valence-electron chi connectivity index (χ3n) is 4.63. The second kappa shape index (κ2) is 7.91. The van der Waals surface area contributed by atoms with E-state index in [0.717, 1.165) is 35.5 Å². The summed E-state index contributed by atoms with van der Waals surface area (Å²) < 4.78 is 2.31. The summed E-state index contributed by atoms with van der Waals surface area (Å²) in [6.45, 7) is 7.17. The largest absolute Gasteiger partial charge is 0.382 e. The van der Waals surface area contributed by atoms with Crippen molar-refractivity contribution in [3.8, 4) is 0 Å². The van der Waals surface area contributed by atoms with E-state index in [9.17, 15) is 0 Å². The van der Waals surface area contributed by atoms with Gasteiger partial charge in [-0.1, -0.05) is 24.6 Å². The molecule has 0 aliphatic carbocycles. The van der Waals surface area contributed by atoms with Crippen LogP contribution in [-0.2, 0) is 6.54 Å². The summed E-state index contributed by atoms with van der Waals surface area (Å²) in [6, 6.07) is 10.6. The highest BCUT2D eigenvalue weighted by Crippen LogP contribution is 2.26. The smallest absolute Gasteiger partial charge is 0.151 e. The summed E-state index contributed by atoms with van der Waals surface area (Å²) in [5, 5.41) is 0. The van der Waals surface area contributed by atoms with Crippen molar-refractivity contribution in [1.29, 1.82) is 0 Å². The molecule has 0 radical (unpaired) electrons. The highest BCUT2D eigenvalue weighted by atomic mass is 32.2. The molecule has 0 unspecified atom stereocenters. The Morgan fingerprint density at radius 1 is 1.00 bits per heavy atom. The monoisotopic (exact) mass is 354 g/mol. The van der Waals surface area contributed by atoms with Gasteiger partial charge in [-0.05, 0) is 57.1 Å². The van der Waals surface area contributed by atoms with Gasteiger partial charge in [0.2, 0.25) is 0 Å². The number of nitrogens with zero attached hydrogens (tertiary/aromatic N) is 3. The lowest BCUT2D eigenvalue weighted by molar-refractivity contribution is 0.603. The van der Waals surface area contributed by atoms with E-state index >= 15 is 0 Å². The molecule has 0 aliphatic heterocycles. The van der Waals surface area contributed by atoms with Crippen LogP contribution in [0.2, 0.25) is 0 Å². The molecule has 0 aliphatic rings. The molecular weight excluding hydrogens is 328 g/mol. The van der Waals surface area contributed by atoms with Crippen molar-refractivity contribution >= 4 is 28.6 Å². The lowest BCUT2D eigenvalue weighted by atomic mass is 10.2. The lowest BCUT2D eigenvalue weighted by Gasteiger charge is -2.10. The Kier molecular flexibility index (Phi) is 5.63. The zero-order chi connectivity index (χ0) is 17.8. The van der Waals surface area contributed by atoms with Crippen LogP contribution in [0.5, 0.6) is 0 Å². The fraction of sp³-hybridized carbons (Fsp3) is 0.400. The average Bonchev–Trinajstić information content (AvgIpc) is 2.94. The van der Waals surface area contributed by atoms with Gasteiger partial charge < -0.3 is 10.3 Å². The van der Waals surface area contributed by atoms with Gasteiger partial charge >= 0.3 is 0 Å². The second-order valence-electron chi connectivity index (χ2n) is 6.44. The van der Waals surface area contributed by atoms with Crippen molar-refractivity contribution in [2.75, 3.05) is 11.5 Å². The maximum atomic E-state index is 6.07. The van der Waals surface area contributed by atoms with E-state index in [4.69, 9.17) is 5.73 Å². The van der Waals surface area contributed by atoms with Crippen molar-refractivity contribution < 1.29 is 0 Å². The van der Waals surface area contributed by atoms with E-state index in [0.29, 0.717) is 5.82 Å². The van der Waals surface area contributed by atoms with Gasteiger partial charge in [0.1, 0.15) is 11.3 Å². The summed E-state index contributed by atoms with van der Waals surface area (Å²) in [5.41, 5.74) is 10.2. The van der Waals surface area contributed by atoms with Crippen LogP contribution in [0.15, 0.2) is 35.2 Å². The maximum absolute atomic E-state index is 6.07. The molecule has 4 nitrogen and oxygen atoms in total. The number of unbranched alkanes of at least 4 members (excludes halogenated alkanes) is 2. The number of nitrogen functional groups attached to an aromatic ring is 1. The Bertz CT molecular complexity index is 855. The van der Waals surface area contributed by atoms with Crippen LogP contribution >= 0.6 is 11.8 Å². The molecule has 0 fully saturated rings. The molecule has 5 heteroatoms. The first-order chi connectivity index (χ1) is 12.1. The topological polar surface area (TPSA) is 56.7 Å². The van der Waals surface area contributed by atoms with Gasteiger partial charge in [-0.25, -0.2) is 9.97 Å². The Labute approximate surface area is 153 Å². The Hall–Kier alpha value is -2.01. The lowest BCUT2D eigenvalue weighted by Crippen LogP contribution is -2.04. The minimum absolute atomic E-state index is 0.541. The molecule has 0 saturated carbocycles. The zero-order valence-electron chi connectivity index (χ0n) is 15.2. The predicted octanol–water partition coefficient (Wildman–Crippen LogP) is 4.90. The van der Waals surface area contributed by atoms with Crippen molar-refractivity contribution in [2.24, 2.45) is 0 Å². The summed E-state index contributed by atoms with van der Waals surface area (Å²) in [4.78, 5) is 10.4. The van der Waals surface area contributed by atoms with Crippen LogP contribution in [0, 0.1) is 20.8 Å². The van der Waals surface area contributed by atoms with Crippen LogP contribution in [-0.4, -0.2) is 20.3 Å². The van der Waals surface area contributed by atoms with Crippen molar-refractivity contribution in [3.05, 3.63) is 47.4 Å². The van der Waals surface area contributed by atoms with Crippen LogP contribution in [0.1, 0.15) is 36.3 Å². The van der Waals surface area contributed by atoms with Gasteiger partial charge in [-0.3, -0.25) is 0 Å². The van der Waals surface area contributed by atoms with Crippen molar-refractivity contribution in [3.63, 3.8) is 0 Å². The number of hydrogen-bond donors (Lipinski definition) is 1. The normalized spacial score (nSPS) is 11.3. The number of imidazole rings is 1. The summed E-state index contributed by atoms with van der Waals surface area (Å²) in [5.74, 6) is 2.73. The van der Waals surface area contributed by atoms with Crippen molar-refractivity contribution in [2.45, 2.75) is 51.5 Å². The predicted molar refractivity (Wildman–Crippen MR) is 107 cm³/mol. The fourth-order valence-corrected chi connectivity index (χ4v) is 4.08. The standard InChI is InChI=1S/C20H26N4S/c1-14-15(2)22-20(21)18-19(14)24(16(3)23-18)12-8-5-9-13-25-17-10-6-4-7-11-17/h4,6-7,10-11H,5,8-9,12-13H2,1-3H3,(H2,21,22). The molecule has 0 spiro atoms. The number of pyridine rings is 1. The molecule has 25 heavy (non-hydrogen) atoms. The van der Waals surface area contributed by atoms with E-state index in [1.807, 2.05) is 18.7 Å². The Morgan fingerprint density at radius 3 is 2.52 bits per heavy atom. The summed E-state index contributed by atoms with van der Waals surface area (Å²) >= 11 is 1.94. The number of nitrogens with two attached hydrogens (primary N) is 1. The number of rotatable bonds is 7. The third kappa shape index (κ3) is 3.98. The van der Waals surface area contributed by atoms with Crippen LogP contribution < -0.4 is 5.73 Å². The minimum atomic E-state index is 0.541. The van der Waals surface area contributed by atoms with Gasteiger partial charge in [0.25, 0.3) is 0 Å². The first kappa shape index (κ1) is 17.8. The quantitative estimate of drug-likeness (QED) is 0.484. The Balaban J connectivity index is 1.57. The van der Waals surface area contributed by atoms with Crippen LogP contribution in [0.4, 0.5) is 5.82 Å². The number of aryl methyl sites for hydroxylation is 4. The molecule has 0 saturated heterocycles. The average molecular weight is 355 g/mol. The molecule has 2 N–H and O–H groups in total. The van der Waals surface area contributed by atoms with E-state index in [1.165, 1.54) is 29.1 Å². The van der Waals surface area contributed by atoms with Crippen molar-refractivity contribution in [1.82, 2.24) is 14.5 Å². The van der Waals surface area contributed by atoms with E-state index in [2.05, 4.69) is 58.7 Å². The number of thioether (sulfide) groups is 1. The molecule has 0 atom stereocenters. The maximum Gasteiger partial charge on any atom is 0.151 e.